The summed E-state index contributed by atoms with van der Waals surface area (Å²) < 4.78 is 26.9. The smallest absolute Gasteiger partial charge is 0.279 e. The minimum atomic E-state index is -3.64. The number of nitrogens with zero attached hydrogens (tertiary/aromatic N) is 2. The second-order valence-corrected chi connectivity index (χ2v) is 7.78. The number of rotatable bonds is 6. The molecule has 7 nitrogen and oxygen atoms in total. The third-order valence-corrected chi connectivity index (χ3v) is 5.40. The number of hydrogen-bond donors (Lipinski definition) is 2. The van der Waals surface area contributed by atoms with Crippen LogP contribution in [0.3, 0.4) is 0 Å². The summed E-state index contributed by atoms with van der Waals surface area (Å²) >= 11 is 0. The monoisotopic (exact) mass is 340 g/mol. The van der Waals surface area contributed by atoms with Crippen molar-refractivity contribution in [2.75, 3.05) is 37.4 Å². The quantitative estimate of drug-likeness (QED) is 0.810. The summed E-state index contributed by atoms with van der Waals surface area (Å²) in [5.41, 5.74) is 1.73. The zero-order valence-electron chi connectivity index (χ0n) is 13.7. The Morgan fingerprint density at radius 2 is 1.91 bits per heavy atom. The predicted octanol–water partition coefficient (Wildman–Crippen LogP) is 1.01. The van der Waals surface area contributed by atoms with Gasteiger partial charge in [-0.3, -0.25) is 4.79 Å². The Labute approximate surface area is 137 Å². The number of anilines is 2. The van der Waals surface area contributed by atoms with Gasteiger partial charge in [-0.15, -0.1) is 0 Å². The first-order chi connectivity index (χ1) is 10.8. The molecule has 0 aliphatic carbocycles. The number of nitrogens with one attached hydrogen (secondary N) is 2. The Kier molecular flexibility index (Phi) is 5.61. The standard InChI is InChI=1S/C15H24N4O3S/c1-12(17-23(21,22)18(2)3)15(20)16-13-7-6-8-14(11-13)19-9-4-5-10-19/h6-8,11-12,17H,4-5,9-10H2,1-3H3,(H,16,20). The Morgan fingerprint density at radius 1 is 1.26 bits per heavy atom. The molecule has 1 aromatic rings. The Balaban J connectivity index is 2.01. The zero-order valence-corrected chi connectivity index (χ0v) is 14.6. The summed E-state index contributed by atoms with van der Waals surface area (Å²) in [4.78, 5) is 14.4. The van der Waals surface area contributed by atoms with Gasteiger partial charge in [-0.2, -0.15) is 17.4 Å². The van der Waals surface area contributed by atoms with Gasteiger partial charge in [0.05, 0.1) is 6.04 Å². The molecular weight excluding hydrogens is 316 g/mol. The number of carbonyl (C=O) groups excluding carboxylic acids is 1. The van der Waals surface area contributed by atoms with Gasteiger partial charge in [-0.1, -0.05) is 6.07 Å². The summed E-state index contributed by atoms with van der Waals surface area (Å²) in [6.07, 6.45) is 2.36. The Bertz CT molecular complexity index is 654. The van der Waals surface area contributed by atoms with Gasteiger partial charge >= 0.3 is 0 Å². The number of amides is 1. The number of carbonyl (C=O) groups is 1. The molecule has 1 heterocycles. The fraction of sp³-hybridized carbons (Fsp3) is 0.533. The highest BCUT2D eigenvalue weighted by Gasteiger charge is 2.22. The first kappa shape index (κ1) is 17.7. The van der Waals surface area contributed by atoms with E-state index < -0.39 is 22.2 Å². The van der Waals surface area contributed by atoms with Crippen molar-refractivity contribution >= 4 is 27.5 Å². The second-order valence-electron chi connectivity index (χ2n) is 5.86. The topological polar surface area (TPSA) is 81.8 Å². The molecule has 1 amide bonds. The molecule has 1 fully saturated rings. The summed E-state index contributed by atoms with van der Waals surface area (Å²) in [6.45, 7) is 3.56. The van der Waals surface area contributed by atoms with Crippen molar-refractivity contribution in [3.63, 3.8) is 0 Å². The van der Waals surface area contributed by atoms with E-state index in [2.05, 4.69) is 14.9 Å². The highest BCUT2D eigenvalue weighted by atomic mass is 32.2. The van der Waals surface area contributed by atoms with E-state index in [1.165, 1.54) is 33.9 Å². The molecule has 0 radical (unpaired) electrons. The van der Waals surface area contributed by atoms with Crippen LogP contribution in [0.4, 0.5) is 11.4 Å². The highest BCUT2D eigenvalue weighted by molar-refractivity contribution is 7.87. The van der Waals surface area contributed by atoms with Crippen LogP contribution in [-0.4, -0.2) is 51.9 Å². The van der Waals surface area contributed by atoms with Crippen LogP contribution in [0, 0.1) is 0 Å². The van der Waals surface area contributed by atoms with E-state index in [-0.39, 0.29) is 0 Å². The first-order valence-corrected chi connectivity index (χ1v) is 9.09. The van der Waals surface area contributed by atoms with Crippen LogP contribution in [0.2, 0.25) is 0 Å². The van der Waals surface area contributed by atoms with E-state index in [0.29, 0.717) is 5.69 Å². The van der Waals surface area contributed by atoms with Crippen molar-refractivity contribution in [1.82, 2.24) is 9.03 Å². The fourth-order valence-electron chi connectivity index (χ4n) is 2.39. The molecule has 1 aliphatic heterocycles. The molecule has 1 saturated heterocycles. The zero-order chi connectivity index (χ0) is 17.0. The molecular formula is C15H24N4O3S. The molecule has 1 aromatic carbocycles. The third-order valence-electron chi connectivity index (χ3n) is 3.78. The van der Waals surface area contributed by atoms with E-state index in [4.69, 9.17) is 0 Å². The molecule has 2 rings (SSSR count). The van der Waals surface area contributed by atoms with Crippen LogP contribution in [0.1, 0.15) is 19.8 Å². The van der Waals surface area contributed by atoms with E-state index in [1.807, 2.05) is 18.2 Å². The van der Waals surface area contributed by atoms with Gasteiger partial charge in [0.2, 0.25) is 5.91 Å². The molecule has 1 unspecified atom stereocenters. The summed E-state index contributed by atoms with van der Waals surface area (Å²) in [7, 11) is -0.823. The van der Waals surface area contributed by atoms with Crippen molar-refractivity contribution in [3.8, 4) is 0 Å². The molecule has 2 N–H and O–H groups in total. The molecule has 0 spiro atoms. The van der Waals surface area contributed by atoms with Gasteiger partial charge < -0.3 is 10.2 Å². The summed E-state index contributed by atoms with van der Waals surface area (Å²) in [6, 6.07) is 6.75. The lowest BCUT2D eigenvalue weighted by Gasteiger charge is -2.20. The molecule has 1 atom stereocenters. The molecule has 0 saturated carbocycles. The van der Waals surface area contributed by atoms with Gasteiger partial charge in [0.15, 0.2) is 0 Å². The number of benzene rings is 1. The van der Waals surface area contributed by atoms with Crippen molar-refractivity contribution < 1.29 is 13.2 Å². The normalized spacial score (nSPS) is 16.6. The summed E-state index contributed by atoms with van der Waals surface area (Å²) in [5.74, 6) is -0.394. The highest BCUT2D eigenvalue weighted by Crippen LogP contribution is 2.23. The van der Waals surface area contributed by atoms with Crippen LogP contribution in [-0.2, 0) is 15.0 Å². The van der Waals surface area contributed by atoms with Crippen LogP contribution in [0.5, 0.6) is 0 Å². The Morgan fingerprint density at radius 3 is 2.52 bits per heavy atom. The van der Waals surface area contributed by atoms with E-state index in [1.54, 1.807) is 6.07 Å². The maximum absolute atomic E-state index is 12.2. The van der Waals surface area contributed by atoms with Gasteiger partial charge in [-0.05, 0) is 38.0 Å². The van der Waals surface area contributed by atoms with E-state index in [9.17, 15) is 13.2 Å². The summed E-state index contributed by atoms with van der Waals surface area (Å²) in [5, 5.41) is 2.76. The van der Waals surface area contributed by atoms with Crippen LogP contribution >= 0.6 is 0 Å². The Hall–Kier alpha value is -1.64. The lowest BCUT2D eigenvalue weighted by Crippen LogP contribution is -2.46. The predicted molar refractivity (Wildman–Crippen MR) is 91.7 cm³/mol. The molecule has 1 aliphatic rings. The molecule has 23 heavy (non-hydrogen) atoms. The van der Waals surface area contributed by atoms with E-state index in [0.717, 1.165) is 23.1 Å². The lowest BCUT2D eigenvalue weighted by atomic mass is 10.2. The van der Waals surface area contributed by atoms with Gasteiger partial charge in [0.25, 0.3) is 10.2 Å². The SMILES string of the molecule is CC(NS(=O)(=O)N(C)C)C(=O)Nc1cccc(N2CCCC2)c1. The minimum absolute atomic E-state index is 0.394. The minimum Gasteiger partial charge on any atom is -0.371 e. The first-order valence-electron chi connectivity index (χ1n) is 7.65. The van der Waals surface area contributed by atoms with Crippen molar-refractivity contribution in [2.45, 2.75) is 25.8 Å². The van der Waals surface area contributed by atoms with Crippen LogP contribution < -0.4 is 14.9 Å². The largest absolute Gasteiger partial charge is 0.371 e. The number of hydrogen-bond acceptors (Lipinski definition) is 4. The van der Waals surface area contributed by atoms with Crippen molar-refractivity contribution in [1.29, 1.82) is 0 Å². The maximum Gasteiger partial charge on any atom is 0.279 e. The van der Waals surface area contributed by atoms with E-state index >= 15 is 0 Å². The van der Waals surface area contributed by atoms with Crippen LogP contribution in [0.25, 0.3) is 0 Å². The van der Waals surface area contributed by atoms with Crippen molar-refractivity contribution in [3.05, 3.63) is 24.3 Å². The molecule has 128 valence electrons. The third kappa shape index (κ3) is 4.66. The molecule has 0 aromatic heterocycles. The van der Waals surface area contributed by atoms with Gasteiger partial charge in [0, 0.05) is 38.6 Å². The van der Waals surface area contributed by atoms with Gasteiger partial charge in [-0.25, -0.2) is 0 Å². The van der Waals surface area contributed by atoms with Crippen molar-refractivity contribution in [2.24, 2.45) is 0 Å². The maximum atomic E-state index is 12.2. The average Bonchev–Trinajstić information content (AvgIpc) is 3.01. The second kappa shape index (κ2) is 7.29. The van der Waals surface area contributed by atoms with Crippen LogP contribution in [0.15, 0.2) is 24.3 Å². The molecule has 8 heteroatoms. The fourth-order valence-corrected chi connectivity index (χ4v) is 3.15. The van der Waals surface area contributed by atoms with Gasteiger partial charge in [0.1, 0.15) is 0 Å². The molecule has 0 bridgehead atoms. The average molecular weight is 340 g/mol. The lowest BCUT2D eigenvalue weighted by molar-refractivity contribution is -0.117.